The predicted octanol–water partition coefficient (Wildman–Crippen LogP) is 3.55. The Kier molecular flexibility index (Phi) is 5.21. The summed E-state index contributed by atoms with van der Waals surface area (Å²) >= 11 is 6.03. The van der Waals surface area contributed by atoms with Crippen molar-refractivity contribution >= 4 is 17.5 Å². The lowest BCUT2D eigenvalue weighted by Crippen LogP contribution is -2.65. The first-order valence-electron chi connectivity index (χ1n) is 12.3. The Labute approximate surface area is 203 Å². The van der Waals surface area contributed by atoms with E-state index in [1.54, 1.807) is 18.2 Å². The molecule has 0 radical (unpaired) electrons. The lowest BCUT2D eigenvalue weighted by atomic mass is 9.55. The Balaban J connectivity index is 1.14. The average molecular weight is 488 g/mol. The molecule has 1 aromatic carbocycles. The standard InChI is InChI=1S/C25H30ClN3O5/c1-13-8-14(9-13)22-28-29-23(34-22)25-6-4-24(5-7-25,12-20(25)31)27-21(32)19-11-17(30)16-10-15(26)2-3-18(16)33-19/h2-3,10,13-14,17,19-20,30-31H,4-9,11-12H2,1H3,(H,27,32)/t13?,14?,17?,19?,20-,24?,25?/m0/s1. The van der Waals surface area contributed by atoms with Crippen molar-refractivity contribution in [2.45, 2.75) is 93.5 Å². The number of hydrogen-bond donors (Lipinski definition) is 3. The molecule has 2 unspecified atom stereocenters. The second-order valence-corrected chi connectivity index (χ2v) is 11.3. The van der Waals surface area contributed by atoms with Crippen LogP contribution in [0.4, 0.5) is 0 Å². The molecule has 1 amide bonds. The SMILES string of the molecule is CC1CC(c2nnc(C34CCC(NC(=O)C5CC(O)c6cc(Cl)ccc6O5)(CC3)C[C@@H]4O)o2)C1. The topological polar surface area (TPSA) is 118 Å². The maximum absolute atomic E-state index is 13.2. The number of aromatic nitrogens is 2. The zero-order chi connectivity index (χ0) is 23.7. The minimum absolute atomic E-state index is 0.159. The molecule has 0 spiro atoms. The quantitative estimate of drug-likeness (QED) is 0.603. The van der Waals surface area contributed by atoms with Crippen LogP contribution in [0.15, 0.2) is 22.6 Å². The van der Waals surface area contributed by atoms with Crippen LogP contribution in [0.5, 0.6) is 5.75 Å². The number of halogens is 1. The number of carbonyl (C=O) groups excluding carboxylic acids is 1. The third-order valence-electron chi connectivity index (χ3n) is 8.63. The minimum Gasteiger partial charge on any atom is -0.480 e. The van der Waals surface area contributed by atoms with Gasteiger partial charge in [-0.15, -0.1) is 10.2 Å². The van der Waals surface area contributed by atoms with E-state index in [1.807, 2.05) is 0 Å². The zero-order valence-electron chi connectivity index (χ0n) is 19.2. The number of benzene rings is 1. The highest BCUT2D eigenvalue weighted by atomic mass is 35.5. The van der Waals surface area contributed by atoms with Gasteiger partial charge in [-0.3, -0.25) is 4.79 Å². The highest BCUT2D eigenvalue weighted by Gasteiger charge is 2.58. The summed E-state index contributed by atoms with van der Waals surface area (Å²) in [6.45, 7) is 2.22. The maximum atomic E-state index is 13.2. The molecule has 2 bridgehead atoms. The molecule has 7 rings (SSSR count). The molecular weight excluding hydrogens is 458 g/mol. The fourth-order valence-electron chi connectivity index (χ4n) is 6.44. The van der Waals surface area contributed by atoms with Crippen LogP contribution in [-0.2, 0) is 10.2 Å². The minimum atomic E-state index is -0.822. The Morgan fingerprint density at radius 1 is 1.15 bits per heavy atom. The number of amides is 1. The molecule has 4 fully saturated rings. The normalized spacial score (nSPS) is 38.5. The van der Waals surface area contributed by atoms with Gasteiger partial charge in [0.05, 0.1) is 17.6 Å². The second kappa shape index (κ2) is 7.93. The molecule has 4 aliphatic carbocycles. The summed E-state index contributed by atoms with van der Waals surface area (Å²) in [6.07, 6.45) is 3.21. The number of aliphatic hydroxyl groups is 2. The molecule has 4 saturated carbocycles. The highest BCUT2D eigenvalue weighted by molar-refractivity contribution is 6.30. The molecular formula is C25H30ClN3O5. The first kappa shape index (κ1) is 22.3. The highest BCUT2D eigenvalue weighted by Crippen LogP contribution is 2.54. The van der Waals surface area contributed by atoms with Gasteiger partial charge in [0.2, 0.25) is 11.8 Å². The summed E-state index contributed by atoms with van der Waals surface area (Å²) in [7, 11) is 0. The summed E-state index contributed by atoms with van der Waals surface area (Å²) in [4.78, 5) is 13.2. The molecule has 3 N–H and O–H groups in total. The number of ether oxygens (including phenoxy) is 1. The molecule has 8 nitrogen and oxygen atoms in total. The van der Waals surface area contributed by atoms with Crippen LogP contribution < -0.4 is 10.1 Å². The number of aliphatic hydroxyl groups excluding tert-OH is 2. The van der Waals surface area contributed by atoms with Crippen LogP contribution in [0, 0.1) is 5.92 Å². The molecule has 34 heavy (non-hydrogen) atoms. The van der Waals surface area contributed by atoms with E-state index >= 15 is 0 Å². The van der Waals surface area contributed by atoms with Gasteiger partial charge in [-0.2, -0.15) is 0 Å². The van der Waals surface area contributed by atoms with Gasteiger partial charge >= 0.3 is 0 Å². The van der Waals surface area contributed by atoms with Gasteiger partial charge in [0.1, 0.15) is 5.75 Å². The summed E-state index contributed by atoms with van der Waals surface area (Å²) in [5, 5.41) is 34.1. The van der Waals surface area contributed by atoms with E-state index in [0.29, 0.717) is 59.2 Å². The smallest absolute Gasteiger partial charge is 0.261 e. The van der Waals surface area contributed by atoms with Gasteiger partial charge in [0, 0.05) is 28.5 Å². The van der Waals surface area contributed by atoms with Gasteiger partial charge in [0.25, 0.3) is 5.91 Å². The first-order chi connectivity index (χ1) is 16.3. The number of hydrogen-bond acceptors (Lipinski definition) is 7. The molecule has 3 atom stereocenters. The van der Waals surface area contributed by atoms with Crippen LogP contribution in [-0.4, -0.2) is 44.1 Å². The van der Waals surface area contributed by atoms with E-state index in [0.717, 1.165) is 25.7 Å². The van der Waals surface area contributed by atoms with Crippen LogP contribution in [0.2, 0.25) is 5.02 Å². The van der Waals surface area contributed by atoms with E-state index in [9.17, 15) is 15.0 Å². The van der Waals surface area contributed by atoms with Crippen LogP contribution in [0.1, 0.15) is 87.7 Å². The lowest BCUT2D eigenvalue weighted by Gasteiger charge is -2.54. The van der Waals surface area contributed by atoms with Gasteiger partial charge in [0.15, 0.2) is 6.10 Å². The van der Waals surface area contributed by atoms with Crippen molar-refractivity contribution in [3.8, 4) is 5.75 Å². The number of fused-ring (bicyclic) bond motifs is 4. The van der Waals surface area contributed by atoms with E-state index in [-0.39, 0.29) is 12.3 Å². The van der Waals surface area contributed by atoms with E-state index in [4.69, 9.17) is 20.8 Å². The summed E-state index contributed by atoms with van der Waals surface area (Å²) in [6, 6.07) is 5.03. The van der Waals surface area contributed by atoms with E-state index < -0.39 is 29.3 Å². The van der Waals surface area contributed by atoms with Crippen LogP contribution in [0.25, 0.3) is 0 Å². The Morgan fingerprint density at radius 3 is 2.62 bits per heavy atom. The van der Waals surface area contributed by atoms with Gasteiger partial charge < -0.3 is 24.7 Å². The third-order valence-corrected chi connectivity index (χ3v) is 8.86. The molecule has 0 saturated heterocycles. The molecule has 182 valence electrons. The van der Waals surface area contributed by atoms with Crippen molar-refractivity contribution < 1.29 is 24.2 Å². The van der Waals surface area contributed by atoms with Crippen LogP contribution in [0.3, 0.4) is 0 Å². The number of nitrogens with one attached hydrogen (secondary N) is 1. The number of carbonyl (C=O) groups is 1. The monoisotopic (exact) mass is 487 g/mol. The van der Waals surface area contributed by atoms with Gasteiger partial charge in [-0.25, -0.2) is 0 Å². The largest absolute Gasteiger partial charge is 0.480 e. The van der Waals surface area contributed by atoms with Crippen molar-refractivity contribution in [3.05, 3.63) is 40.6 Å². The molecule has 1 aliphatic heterocycles. The summed E-state index contributed by atoms with van der Waals surface area (Å²) in [5.41, 5.74) is -0.442. The van der Waals surface area contributed by atoms with E-state index in [1.165, 1.54) is 0 Å². The van der Waals surface area contributed by atoms with Gasteiger partial charge in [-0.1, -0.05) is 18.5 Å². The van der Waals surface area contributed by atoms with Crippen molar-refractivity contribution in [1.82, 2.24) is 15.5 Å². The Hall–Kier alpha value is -2.16. The first-order valence-corrected chi connectivity index (χ1v) is 12.6. The second-order valence-electron chi connectivity index (χ2n) is 10.9. The maximum Gasteiger partial charge on any atom is 0.261 e. The summed E-state index contributed by atoms with van der Waals surface area (Å²) < 4.78 is 12.0. The summed E-state index contributed by atoms with van der Waals surface area (Å²) in [5.74, 6) is 2.48. The molecule has 5 aliphatic rings. The molecule has 2 heterocycles. The zero-order valence-corrected chi connectivity index (χ0v) is 19.9. The third kappa shape index (κ3) is 3.53. The van der Waals surface area contributed by atoms with Crippen molar-refractivity contribution in [3.63, 3.8) is 0 Å². The van der Waals surface area contributed by atoms with E-state index in [2.05, 4.69) is 22.4 Å². The van der Waals surface area contributed by atoms with Crippen molar-refractivity contribution in [1.29, 1.82) is 0 Å². The lowest BCUT2D eigenvalue weighted by molar-refractivity contribution is -0.136. The number of rotatable bonds is 4. The van der Waals surface area contributed by atoms with Gasteiger partial charge in [-0.05, 0) is 69.1 Å². The average Bonchev–Trinajstić information content (AvgIpc) is 3.28. The predicted molar refractivity (Wildman–Crippen MR) is 123 cm³/mol. The molecule has 9 heteroatoms. The van der Waals surface area contributed by atoms with Crippen molar-refractivity contribution in [2.75, 3.05) is 0 Å². The molecule has 2 aromatic rings. The fraction of sp³-hybridized carbons (Fsp3) is 0.640. The van der Waals surface area contributed by atoms with Crippen molar-refractivity contribution in [2.24, 2.45) is 5.92 Å². The Bertz CT molecular complexity index is 1110. The fourth-order valence-corrected chi connectivity index (χ4v) is 6.62. The Morgan fingerprint density at radius 2 is 1.91 bits per heavy atom. The molecule has 1 aromatic heterocycles. The van der Waals surface area contributed by atoms with Crippen LogP contribution >= 0.6 is 11.6 Å². The number of nitrogens with zero attached hydrogens (tertiary/aromatic N) is 2.